The van der Waals surface area contributed by atoms with E-state index in [-0.39, 0.29) is 28.3 Å². The number of rotatable bonds is 4. The molecular weight excluding hydrogens is 356 g/mol. The average molecular weight is 366 g/mol. The van der Waals surface area contributed by atoms with Crippen molar-refractivity contribution in [3.05, 3.63) is 54.1 Å². The maximum absolute atomic E-state index is 14.1. The molecule has 6 nitrogen and oxygen atoms in total. The van der Waals surface area contributed by atoms with E-state index in [1.165, 1.54) is 12.1 Å². The Morgan fingerprint density at radius 1 is 1.12 bits per heavy atom. The SMILES string of the molecule is NC(=O)c1nc(-c2cc(F)cc(-c3ccccc3)c2OC(F)(F)F)n[nH]1. The summed E-state index contributed by atoms with van der Waals surface area (Å²) >= 11 is 0. The number of carbonyl (C=O) groups excluding carboxylic acids is 1. The standard InChI is InChI=1S/C16H10F4N4O2/c17-9-6-10(8-4-2-1-3-5-8)12(26-16(18,19)20)11(7-9)14-22-15(13(21)25)24-23-14/h1-7H,(H2,21,25)(H,22,23,24). The predicted molar refractivity (Wildman–Crippen MR) is 82.4 cm³/mol. The first-order chi connectivity index (χ1) is 12.2. The number of aromatic amines is 1. The van der Waals surface area contributed by atoms with Crippen LogP contribution in [0, 0.1) is 5.82 Å². The fourth-order valence-electron chi connectivity index (χ4n) is 2.31. The second-order valence-electron chi connectivity index (χ2n) is 5.12. The van der Waals surface area contributed by atoms with Crippen LogP contribution in [0.25, 0.3) is 22.5 Å². The Labute approximate surface area is 143 Å². The van der Waals surface area contributed by atoms with Crippen LogP contribution in [0.1, 0.15) is 10.6 Å². The highest BCUT2D eigenvalue weighted by molar-refractivity contribution is 5.89. The fraction of sp³-hybridized carbons (Fsp3) is 0.0625. The molecule has 0 saturated carbocycles. The monoisotopic (exact) mass is 366 g/mol. The minimum atomic E-state index is -5.04. The Balaban J connectivity index is 2.25. The van der Waals surface area contributed by atoms with E-state index in [4.69, 9.17) is 5.73 Å². The van der Waals surface area contributed by atoms with Crippen molar-refractivity contribution in [3.8, 4) is 28.3 Å². The molecule has 1 heterocycles. The molecule has 0 atom stereocenters. The molecule has 26 heavy (non-hydrogen) atoms. The number of halogens is 4. The summed E-state index contributed by atoms with van der Waals surface area (Å²) in [6.45, 7) is 0. The van der Waals surface area contributed by atoms with Gasteiger partial charge in [0, 0.05) is 5.56 Å². The van der Waals surface area contributed by atoms with Gasteiger partial charge in [0.25, 0.3) is 5.91 Å². The molecular formula is C16H10F4N4O2. The normalized spacial score (nSPS) is 11.4. The Morgan fingerprint density at radius 3 is 2.35 bits per heavy atom. The molecule has 0 aliphatic carbocycles. The van der Waals surface area contributed by atoms with Gasteiger partial charge in [-0.2, -0.15) is 5.10 Å². The topological polar surface area (TPSA) is 93.9 Å². The van der Waals surface area contributed by atoms with Gasteiger partial charge in [0.05, 0.1) is 5.56 Å². The zero-order valence-corrected chi connectivity index (χ0v) is 12.8. The van der Waals surface area contributed by atoms with Crippen LogP contribution < -0.4 is 10.5 Å². The zero-order valence-electron chi connectivity index (χ0n) is 12.8. The van der Waals surface area contributed by atoms with Crippen molar-refractivity contribution in [1.29, 1.82) is 0 Å². The molecule has 0 unspecified atom stereocenters. The smallest absolute Gasteiger partial charge is 0.404 e. The van der Waals surface area contributed by atoms with E-state index in [9.17, 15) is 22.4 Å². The lowest BCUT2D eigenvalue weighted by molar-refractivity contribution is -0.274. The molecule has 0 bridgehead atoms. The first-order valence-corrected chi connectivity index (χ1v) is 7.12. The molecule has 0 aliphatic rings. The summed E-state index contributed by atoms with van der Waals surface area (Å²) in [5, 5.41) is 5.80. The maximum atomic E-state index is 14.1. The fourth-order valence-corrected chi connectivity index (χ4v) is 2.31. The van der Waals surface area contributed by atoms with Gasteiger partial charge in [0.15, 0.2) is 5.82 Å². The molecule has 134 valence electrons. The number of ether oxygens (including phenoxy) is 1. The summed E-state index contributed by atoms with van der Waals surface area (Å²) in [7, 11) is 0. The summed E-state index contributed by atoms with van der Waals surface area (Å²) in [5.74, 6) is -3.25. The molecule has 1 amide bonds. The third kappa shape index (κ3) is 3.63. The number of hydrogen-bond donors (Lipinski definition) is 2. The molecule has 0 radical (unpaired) electrons. The van der Waals surface area contributed by atoms with Gasteiger partial charge in [-0.25, -0.2) is 9.37 Å². The van der Waals surface area contributed by atoms with Crippen molar-refractivity contribution >= 4 is 5.91 Å². The molecule has 0 aliphatic heterocycles. The van der Waals surface area contributed by atoms with Crippen LogP contribution in [0.4, 0.5) is 17.6 Å². The van der Waals surface area contributed by atoms with E-state index < -0.39 is 23.8 Å². The lowest BCUT2D eigenvalue weighted by atomic mass is 10.0. The number of nitrogens with zero attached hydrogens (tertiary/aromatic N) is 2. The molecule has 3 aromatic rings. The summed E-state index contributed by atoms with van der Waals surface area (Å²) in [5.41, 5.74) is 4.79. The van der Waals surface area contributed by atoms with Gasteiger partial charge in [0.2, 0.25) is 5.82 Å². The van der Waals surface area contributed by atoms with Crippen molar-refractivity contribution < 1.29 is 27.1 Å². The van der Waals surface area contributed by atoms with Crippen molar-refractivity contribution in [2.75, 3.05) is 0 Å². The molecule has 3 rings (SSSR count). The Hall–Kier alpha value is -3.43. The largest absolute Gasteiger partial charge is 0.573 e. The Morgan fingerprint density at radius 2 is 1.77 bits per heavy atom. The Bertz CT molecular complexity index is 955. The second kappa shape index (κ2) is 6.47. The predicted octanol–water partition coefficient (Wildman–Crippen LogP) is 3.28. The molecule has 1 aromatic heterocycles. The van der Waals surface area contributed by atoms with Crippen LogP contribution in [-0.2, 0) is 0 Å². The molecule has 3 N–H and O–H groups in total. The van der Waals surface area contributed by atoms with E-state index >= 15 is 0 Å². The molecule has 2 aromatic carbocycles. The van der Waals surface area contributed by atoms with E-state index in [0.717, 1.165) is 12.1 Å². The van der Waals surface area contributed by atoms with Crippen LogP contribution in [-0.4, -0.2) is 27.5 Å². The highest BCUT2D eigenvalue weighted by Gasteiger charge is 2.34. The van der Waals surface area contributed by atoms with Gasteiger partial charge < -0.3 is 10.5 Å². The van der Waals surface area contributed by atoms with Crippen molar-refractivity contribution in [2.24, 2.45) is 5.73 Å². The zero-order chi connectivity index (χ0) is 18.9. The summed E-state index contributed by atoms with van der Waals surface area (Å²) in [6.07, 6.45) is -5.04. The quantitative estimate of drug-likeness (QED) is 0.693. The van der Waals surface area contributed by atoms with Crippen LogP contribution >= 0.6 is 0 Å². The van der Waals surface area contributed by atoms with Crippen molar-refractivity contribution in [3.63, 3.8) is 0 Å². The van der Waals surface area contributed by atoms with Crippen LogP contribution in [0.15, 0.2) is 42.5 Å². The number of nitrogens with one attached hydrogen (secondary N) is 1. The number of hydrogen-bond acceptors (Lipinski definition) is 4. The Kier molecular flexibility index (Phi) is 4.33. The second-order valence-corrected chi connectivity index (χ2v) is 5.12. The van der Waals surface area contributed by atoms with Gasteiger partial charge in [0.1, 0.15) is 11.6 Å². The summed E-state index contributed by atoms with van der Waals surface area (Å²) in [4.78, 5) is 14.8. The first-order valence-electron chi connectivity index (χ1n) is 7.12. The molecule has 0 fully saturated rings. The first kappa shape index (κ1) is 17.4. The molecule has 0 saturated heterocycles. The third-order valence-corrected chi connectivity index (χ3v) is 3.32. The lowest BCUT2D eigenvalue weighted by Gasteiger charge is -2.16. The van der Waals surface area contributed by atoms with Crippen LogP contribution in [0.3, 0.4) is 0 Å². The van der Waals surface area contributed by atoms with E-state index in [0.29, 0.717) is 0 Å². The van der Waals surface area contributed by atoms with Gasteiger partial charge in [-0.15, -0.1) is 13.2 Å². The number of primary amides is 1. The molecule has 10 heteroatoms. The minimum absolute atomic E-state index is 0.150. The van der Waals surface area contributed by atoms with Crippen LogP contribution in [0.2, 0.25) is 0 Å². The van der Waals surface area contributed by atoms with E-state index in [1.54, 1.807) is 18.2 Å². The number of nitrogens with two attached hydrogens (primary N) is 1. The third-order valence-electron chi connectivity index (χ3n) is 3.32. The number of alkyl halides is 3. The van der Waals surface area contributed by atoms with Crippen molar-refractivity contribution in [1.82, 2.24) is 15.2 Å². The number of benzene rings is 2. The number of aromatic nitrogens is 3. The number of H-pyrrole nitrogens is 1. The maximum Gasteiger partial charge on any atom is 0.573 e. The molecule has 0 spiro atoms. The van der Waals surface area contributed by atoms with Gasteiger partial charge >= 0.3 is 6.36 Å². The lowest BCUT2D eigenvalue weighted by Crippen LogP contribution is -2.18. The average Bonchev–Trinajstić information content (AvgIpc) is 3.06. The summed E-state index contributed by atoms with van der Waals surface area (Å²) in [6, 6.07) is 9.49. The van der Waals surface area contributed by atoms with E-state index in [1.807, 2.05) is 0 Å². The van der Waals surface area contributed by atoms with Gasteiger partial charge in [-0.05, 0) is 17.7 Å². The highest BCUT2D eigenvalue weighted by Crippen LogP contribution is 2.41. The number of amides is 1. The van der Waals surface area contributed by atoms with Crippen LogP contribution in [0.5, 0.6) is 5.75 Å². The van der Waals surface area contributed by atoms with E-state index in [2.05, 4.69) is 19.9 Å². The summed E-state index contributed by atoms with van der Waals surface area (Å²) < 4.78 is 57.0. The van der Waals surface area contributed by atoms with Gasteiger partial charge in [-0.3, -0.25) is 9.89 Å². The minimum Gasteiger partial charge on any atom is -0.404 e. The highest BCUT2D eigenvalue weighted by atomic mass is 19.4. The van der Waals surface area contributed by atoms with Gasteiger partial charge in [-0.1, -0.05) is 30.3 Å². The number of carbonyl (C=O) groups is 1. The van der Waals surface area contributed by atoms with Crippen molar-refractivity contribution in [2.45, 2.75) is 6.36 Å².